The summed E-state index contributed by atoms with van der Waals surface area (Å²) in [6, 6.07) is 7.68. The molecule has 3 rings (SSSR count). The molecule has 0 saturated heterocycles. The van der Waals surface area contributed by atoms with E-state index in [1.807, 2.05) is 0 Å². The van der Waals surface area contributed by atoms with E-state index in [0.717, 1.165) is 28.5 Å². The van der Waals surface area contributed by atoms with Crippen LogP contribution in [0.25, 0.3) is 0 Å². The van der Waals surface area contributed by atoms with Crippen LogP contribution in [0.15, 0.2) is 39.9 Å². The lowest BCUT2D eigenvalue weighted by atomic mass is 9.89. The molecule has 2 aromatic rings. The van der Waals surface area contributed by atoms with Crippen LogP contribution in [0.4, 0.5) is 17.1 Å². The molecule has 1 aliphatic carbocycles. The van der Waals surface area contributed by atoms with Crippen molar-refractivity contribution < 1.29 is 13.3 Å². The highest BCUT2D eigenvalue weighted by Crippen LogP contribution is 2.33. The molecule has 0 amide bonds. The zero-order chi connectivity index (χ0) is 19.4. The van der Waals surface area contributed by atoms with Crippen molar-refractivity contribution in [1.82, 2.24) is 0 Å². The van der Waals surface area contributed by atoms with Crippen LogP contribution >= 0.6 is 11.3 Å². The van der Waals surface area contributed by atoms with E-state index >= 15 is 0 Å². The highest BCUT2D eigenvalue weighted by molar-refractivity contribution is 7.94. The molecule has 146 valence electrons. The Labute approximate surface area is 163 Å². The summed E-state index contributed by atoms with van der Waals surface area (Å²) in [5.41, 5.74) is 0.575. The molecule has 0 unspecified atom stereocenters. The molecule has 1 saturated carbocycles. The minimum Gasteiger partial charge on any atom is -0.379 e. The van der Waals surface area contributed by atoms with Crippen molar-refractivity contribution >= 4 is 38.4 Å². The maximum absolute atomic E-state index is 12.6. The number of nitro groups is 1. The van der Waals surface area contributed by atoms with Gasteiger partial charge in [0.25, 0.3) is 15.7 Å². The van der Waals surface area contributed by atoms with Crippen LogP contribution in [0.2, 0.25) is 0 Å². The number of hydrogen-bond acceptors (Lipinski definition) is 6. The van der Waals surface area contributed by atoms with Gasteiger partial charge in [0, 0.05) is 19.7 Å². The van der Waals surface area contributed by atoms with Crippen molar-refractivity contribution in [3.8, 4) is 0 Å². The van der Waals surface area contributed by atoms with Crippen molar-refractivity contribution in [2.45, 2.75) is 36.3 Å². The van der Waals surface area contributed by atoms with Gasteiger partial charge in [0.15, 0.2) is 0 Å². The summed E-state index contributed by atoms with van der Waals surface area (Å²) in [7, 11) is -2.32. The fourth-order valence-corrected chi connectivity index (χ4v) is 5.69. The molecular weight excluding hydrogens is 386 g/mol. The molecule has 1 aromatic carbocycles. The summed E-state index contributed by atoms with van der Waals surface area (Å²) >= 11 is 1.11. The zero-order valence-electron chi connectivity index (χ0n) is 15.1. The van der Waals surface area contributed by atoms with Crippen LogP contribution in [-0.4, -0.2) is 26.9 Å². The molecule has 1 heterocycles. The van der Waals surface area contributed by atoms with Crippen LogP contribution < -0.4 is 9.62 Å². The normalized spacial score (nSPS) is 15.4. The first-order valence-electron chi connectivity index (χ1n) is 8.94. The number of sulfonamides is 1. The molecule has 7 nitrogen and oxygen atoms in total. The highest BCUT2D eigenvalue weighted by atomic mass is 32.2. The molecule has 9 heteroatoms. The lowest BCUT2D eigenvalue weighted by Gasteiger charge is -2.23. The fraction of sp³-hybridized carbons (Fsp3) is 0.444. The number of thiophene rings is 1. The van der Waals surface area contributed by atoms with E-state index in [0.29, 0.717) is 18.2 Å². The van der Waals surface area contributed by atoms with Crippen LogP contribution in [0.1, 0.15) is 32.1 Å². The van der Waals surface area contributed by atoms with Gasteiger partial charge in [-0.1, -0.05) is 25.3 Å². The Bertz CT molecular complexity index is 891. The maximum Gasteiger partial charge on any atom is 0.294 e. The van der Waals surface area contributed by atoms with Crippen molar-refractivity contribution in [1.29, 1.82) is 0 Å². The summed E-state index contributed by atoms with van der Waals surface area (Å²) in [5, 5.41) is 16.4. The Morgan fingerprint density at radius 1 is 1.26 bits per heavy atom. The van der Waals surface area contributed by atoms with Gasteiger partial charge >= 0.3 is 0 Å². The second-order valence-corrected chi connectivity index (χ2v) is 9.89. The molecule has 1 aromatic heterocycles. The Hall–Kier alpha value is -2.13. The van der Waals surface area contributed by atoms with Gasteiger partial charge in [-0.15, -0.1) is 11.3 Å². The van der Waals surface area contributed by atoms with Crippen molar-refractivity contribution in [3.05, 3.63) is 45.8 Å². The van der Waals surface area contributed by atoms with Gasteiger partial charge in [-0.25, -0.2) is 8.42 Å². The molecule has 0 atom stereocenters. The first-order chi connectivity index (χ1) is 12.9. The third-order valence-corrected chi connectivity index (χ3v) is 8.12. The number of hydrogen-bond donors (Lipinski definition) is 1. The average Bonchev–Trinajstić information content (AvgIpc) is 3.22. The Balaban J connectivity index is 1.81. The predicted molar refractivity (Wildman–Crippen MR) is 108 cm³/mol. The number of rotatable bonds is 7. The lowest BCUT2D eigenvalue weighted by Crippen LogP contribution is -2.26. The second kappa shape index (κ2) is 8.26. The van der Waals surface area contributed by atoms with Gasteiger partial charge in [0.2, 0.25) is 0 Å². The zero-order valence-corrected chi connectivity index (χ0v) is 16.8. The molecular formula is C18H23N3O4S2. The topological polar surface area (TPSA) is 92.5 Å². The van der Waals surface area contributed by atoms with Crippen molar-refractivity contribution in [2.75, 3.05) is 23.2 Å². The van der Waals surface area contributed by atoms with Gasteiger partial charge in [0.1, 0.15) is 9.90 Å². The van der Waals surface area contributed by atoms with E-state index in [4.69, 9.17) is 0 Å². The van der Waals surface area contributed by atoms with E-state index in [1.165, 1.54) is 38.4 Å². The first kappa shape index (κ1) is 19.6. The Kier molecular flexibility index (Phi) is 6.01. The molecule has 0 spiro atoms. The van der Waals surface area contributed by atoms with E-state index in [9.17, 15) is 18.5 Å². The average molecular weight is 410 g/mol. The van der Waals surface area contributed by atoms with E-state index < -0.39 is 14.9 Å². The molecule has 27 heavy (non-hydrogen) atoms. The van der Waals surface area contributed by atoms with Gasteiger partial charge in [-0.2, -0.15) is 0 Å². The highest BCUT2D eigenvalue weighted by Gasteiger charge is 2.25. The molecule has 0 bridgehead atoms. The maximum atomic E-state index is 12.6. The third kappa shape index (κ3) is 4.41. The standard InChI is InChI=1S/C18H23N3O4S2/c1-20(27(24,25)18-8-5-11-26-18)15-9-10-16(17(12-15)21(22)23)19-13-14-6-3-2-4-7-14/h5,8-12,14,19H,2-4,6-7,13H2,1H3. The van der Waals surface area contributed by atoms with Gasteiger partial charge < -0.3 is 5.32 Å². The SMILES string of the molecule is CN(c1ccc(NCC2CCCCC2)c([N+](=O)[O-])c1)S(=O)(=O)c1cccs1. The van der Waals surface area contributed by atoms with Crippen LogP contribution in [0.5, 0.6) is 0 Å². The van der Waals surface area contributed by atoms with Crippen LogP contribution in [0.3, 0.4) is 0 Å². The van der Waals surface area contributed by atoms with E-state index in [2.05, 4.69) is 5.32 Å². The summed E-state index contributed by atoms with van der Waals surface area (Å²) in [6.07, 6.45) is 5.95. The van der Waals surface area contributed by atoms with Crippen molar-refractivity contribution in [3.63, 3.8) is 0 Å². The summed E-state index contributed by atoms with van der Waals surface area (Å²) in [5.74, 6) is 0.528. The van der Waals surface area contributed by atoms with Crippen molar-refractivity contribution in [2.24, 2.45) is 5.92 Å². The number of nitro benzene ring substituents is 1. The van der Waals surface area contributed by atoms with Crippen LogP contribution in [0, 0.1) is 16.0 Å². The second-order valence-electron chi connectivity index (χ2n) is 6.75. The predicted octanol–water partition coefficient (Wildman–Crippen LogP) is 4.47. The lowest BCUT2D eigenvalue weighted by molar-refractivity contribution is -0.383. The number of benzene rings is 1. The fourth-order valence-electron chi connectivity index (χ4n) is 3.35. The van der Waals surface area contributed by atoms with Gasteiger partial charge in [-0.3, -0.25) is 14.4 Å². The first-order valence-corrected chi connectivity index (χ1v) is 11.3. The monoisotopic (exact) mass is 409 g/mol. The van der Waals surface area contributed by atoms with Crippen LogP contribution in [-0.2, 0) is 10.0 Å². The molecule has 1 fully saturated rings. The smallest absolute Gasteiger partial charge is 0.294 e. The van der Waals surface area contributed by atoms with Gasteiger partial charge in [0.05, 0.1) is 10.6 Å². The van der Waals surface area contributed by atoms with E-state index in [1.54, 1.807) is 23.6 Å². The molecule has 1 aliphatic rings. The molecule has 0 aliphatic heterocycles. The quantitative estimate of drug-likeness (QED) is 0.538. The number of nitrogens with zero attached hydrogens (tertiary/aromatic N) is 2. The summed E-state index contributed by atoms with van der Waals surface area (Å²) in [6.45, 7) is 0.698. The molecule has 1 N–H and O–H groups in total. The third-order valence-electron chi connectivity index (χ3n) is 4.96. The largest absolute Gasteiger partial charge is 0.379 e. The summed E-state index contributed by atoms with van der Waals surface area (Å²) < 4.78 is 26.6. The Morgan fingerprint density at radius 3 is 2.63 bits per heavy atom. The minimum atomic E-state index is -3.72. The van der Waals surface area contributed by atoms with Gasteiger partial charge in [-0.05, 0) is 42.3 Å². The number of anilines is 2. The van der Waals surface area contributed by atoms with E-state index in [-0.39, 0.29) is 15.6 Å². The molecule has 0 radical (unpaired) electrons. The number of nitrogens with one attached hydrogen (secondary N) is 1. The summed E-state index contributed by atoms with van der Waals surface area (Å²) in [4.78, 5) is 11.1. The Morgan fingerprint density at radius 2 is 2.00 bits per heavy atom. The minimum absolute atomic E-state index is 0.114.